The second-order valence-corrected chi connectivity index (χ2v) is 6.04. The van der Waals surface area contributed by atoms with E-state index in [-0.39, 0.29) is 11.8 Å². The van der Waals surface area contributed by atoms with Crippen LogP contribution < -0.4 is 0 Å². The molecular weight excluding hydrogens is 226 g/mol. The van der Waals surface area contributed by atoms with Crippen LogP contribution in [0.2, 0.25) is 0 Å². The minimum atomic E-state index is 0.108. The normalized spacial score (nSPS) is 23.1. The lowest BCUT2D eigenvalue weighted by Crippen LogP contribution is -2.38. The third-order valence-electron chi connectivity index (χ3n) is 4.53. The molecule has 0 aliphatic heterocycles. The van der Waals surface area contributed by atoms with E-state index in [2.05, 4.69) is 0 Å². The van der Waals surface area contributed by atoms with Crippen molar-refractivity contribution in [3.63, 3.8) is 0 Å². The van der Waals surface area contributed by atoms with Crippen LogP contribution in [0.5, 0.6) is 0 Å². The number of Topliss-reactive ketones (excluding diaryl/α,β-unsaturated/α-hetero) is 1. The van der Waals surface area contributed by atoms with Crippen molar-refractivity contribution < 1.29 is 9.59 Å². The lowest BCUT2D eigenvalue weighted by atomic mass is 9.86. The van der Waals surface area contributed by atoms with E-state index in [4.69, 9.17) is 0 Å². The van der Waals surface area contributed by atoms with Crippen LogP contribution in [0.4, 0.5) is 0 Å². The van der Waals surface area contributed by atoms with Crippen LogP contribution in [-0.4, -0.2) is 30.2 Å². The predicted molar refractivity (Wildman–Crippen MR) is 71.2 cm³/mol. The van der Waals surface area contributed by atoms with E-state index in [9.17, 15) is 9.59 Å². The van der Waals surface area contributed by atoms with E-state index in [0.29, 0.717) is 24.5 Å². The summed E-state index contributed by atoms with van der Waals surface area (Å²) in [6, 6.07) is 0. The molecule has 0 aromatic heterocycles. The summed E-state index contributed by atoms with van der Waals surface area (Å²) in [4.78, 5) is 25.4. The van der Waals surface area contributed by atoms with Gasteiger partial charge in [-0.25, -0.2) is 0 Å². The number of nitrogens with zero attached hydrogens (tertiary/aromatic N) is 1. The molecule has 0 saturated heterocycles. The third kappa shape index (κ3) is 3.56. The first kappa shape index (κ1) is 13.6. The van der Waals surface area contributed by atoms with E-state index in [1.165, 1.54) is 32.1 Å². The molecule has 2 aliphatic rings. The summed E-state index contributed by atoms with van der Waals surface area (Å²) in [6.07, 6.45) is 9.32. The van der Waals surface area contributed by atoms with Gasteiger partial charge in [0, 0.05) is 32.4 Å². The van der Waals surface area contributed by atoms with Crippen molar-refractivity contribution in [2.75, 3.05) is 13.6 Å². The van der Waals surface area contributed by atoms with Crippen LogP contribution in [0.25, 0.3) is 0 Å². The highest BCUT2D eigenvalue weighted by Crippen LogP contribution is 2.27. The van der Waals surface area contributed by atoms with E-state index >= 15 is 0 Å². The van der Waals surface area contributed by atoms with Gasteiger partial charge in [0.25, 0.3) is 0 Å². The highest BCUT2D eigenvalue weighted by molar-refractivity contribution is 5.84. The lowest BCUT2D eigenvalue weighted by Gasteiger charge is -2.30. The fourth-order valence-corrected chi connectivity index (χ4v) is 3.35. The van der Waals surface area contributed by atoms with Gasteiger partial charge in [-0.15, -0.1) is 0 Å². The average molecular weight is 251 g/mol. The predicted octanol–water partition coefficient (Wildman–Crippen LogP) is 2.78. The summed E-state index contributed by atoms with van der Waals surface area (Å²) in [5, 5.41) is 0. The number of hydrogen-bond donors (Lipinski definition) is 0. The van der Waals surface area contributed by atoms with Gasteiger partial charge in [0.1, 0.15) is 5.78 Å². The van der Waals surface area contributed by atoms with Crippen LogP contribution in [0.3, 0.4) is 0 Å². The molecule has 2 rings (SSSR count). The molecule has 0 radical (unpaired) electrons. The van der Waals surface area contributed by atoms with Gasteiger partial charge in [-0.2, -0.15) is 0 Å². The highest BCUT2D eigenvalue weighted by atomic mass is 16.2. The van der Waals surface area contributed by atoms with Gasteiger partial charge in [-0.1, -0.05) is 19.3 Å². The molecule has 0 unspecified atom stereocenters. The molecule has 0 N–H and O–H groups in total. The zero-order chi connectivity index (χ0) is 13.0. The molecule has 3 nitrogen and oxygen atoms in total. The van der Waals surface area contributed by atoms with Gasteiger partial charge in [-0.3, -0.25) is 9.59 Å². The molecule has 2 fully saturated rings. The van der Waals surface area contributed by atoms with E-state index in [0.717, 1.165) is 19.4 Å². The SMILES string of the molecule is CN(CC1CCCCC1)C(=O)C1CCC(=O)CC1. The van der Waals surface area contributed by atoms with Gasteiger partial charge in [-0.05, 0) is 31.6 Å². The first-order valence-corrected chi connectivity index (χ1v) is 7.43. The van der Waals surface area contributed by atoms with Crippen LogP contribution in [-0.2, 0) is 9.59 Å². The Kier molecular flexibility index (Phi) is 4.79. The minimum Gasteiger partial charge on any atom is -0.345 e. The van der Waals surface area contributed by atoms with Crippen molar-refractivity contribution in [1.29, 1.82) is 0 Å². The minimum absolute atomic E-state index is 0.108. The smallest absolute Gasteiger partial charge is 0.225 e. The van der Waals surface area contributed by atoms with Crippen LogP contribution in [0.15, 0.2) is 0 Å². The molecule has 0 aromatic carbocycles. The number of hydrogen-bond acceptors (Lipinski definition) is 2. The average Bonchev–Trinajstić information content (AvgIpc) is 2.40. The second-order valence-electron chi connectivity index (χ2n) is 6.04. The van der Waals surface area contributed by atoms with E-state index in [1.54, 1.807) is 0 Å². The zero-order valence-electron chi connectivity index (χ0n) is 11.5. The molecule has 0 heterocycles. The Morgan fingerprint density at radius 1 is 1.11 bits per heavy atom. The summed E-state index contributed by atoms with van der Waals surface area (Å²) in [7, 11) is 1.94. The van der Waals surface area contributed by atoms with Gasteiger partial charge in [0.2, 0.25) is 5.91 Å². The second kappa shape index (κ2) is 6.35. The molecule has 2 aliphatic carbocycles. The molecule has 0 aromatic rings. The summed E-state index contributed by atoms with van der Waals surface area (Å²) in [6.45, 7) is 0.920. The maximum absolute atomic E-state index is 12.3. The van der Waals surface area contributed by atoms with Gasteiger partial charge in [0.05, 0.1) is 0 Å². The standard InChI is InChI=1S/C15H25NO2/c1-16(11-12-5-3-2-4-6-12)15(18)13-7-9-14(17)10-8-13/h12-13H,2-11H2,1H3. The maximum Gasteiger partial charge on any atom is 0.225 e. The van der Waals surface area contributed by atoms with Crippen LogP contribution in [0.1, 0.15) is 57.8 Å². The first-order valence-electron chi connectivity index (χ1n) is 7.43. The van der Waals surface area contributed by atoms with Gasteiger partial charge in [0.15, 0.2) is 0 Å². The lowest BCUT2D eigenvalue weighted by molar-refractivity contribution is -0.137. The summed E-state index contributed by atoms with van der Waals surface area (Å²) < 4.78 is 0. The molecule has 1 amide bonds. The number of rotatable bonds is 3. The Labute approximate surface area is 110 Å². The van der Waals surface area contributed by atoms with Crippen LogP contribution in [0, 0.1) is 11.8 Å². The molecule has 0 bridgehead atoms. The Bertz CT molecular complexity index is 298. The number of carbonyl (C=O) groups excluding carboxylic acids is 2. The van der Waals surface area contributed by atoms with Crippen molar-refractivity contribution in [3.8, 4) is 0 Å². The highest BCUT2D eigenvalue weighted by Gasteiger charge is 2.28. The number of amides is 1. The molecule has 102 valence electrons. The van der Waals surface area contributed by atoms with Crippen LogP contribution >= 0.6 is 0 Å². The largest absolute Gasteiger partial charge is 0.345 e. The molecule has 2 saturated carbocycles. The van der Waals surface area contributed by atoms with Crippen molar-refractivity contribution in [1.82, 2.24) is 4.90 Å². The quantitative estimate of drug-likeness (QED) is 0.773. The van der Waals surface area contributed by atoms with Crippen molar-refractivity contribution >= 4 is 11.7 Å². The fraction of sp³-hybridized carbons (Fsp3) is 0.867. The fourth-order valence-electron chi connectivity index (χ4n) is 3.35. The number of ketones is 1. The van der Waals surface area contributed by atoms with Crippen molar-refractivity contribution in [2.45, 2.75) is 57.8 Å². The Hall–Kier alpha value is -0.860. The van der Waals surface area contributed by atoms with Gasteiger partial charge >= 0.3 is 0 Å². The number of carbonyl (C=O) groups is 2. The van der Waals surface area contributed by atoms with Crippen molar-refractivity contribution in [3.05, 3.63) is 0 Å². The Morgan fingerprint density at radius 3 is 2.33 bits per heavy atom. The Morgan fingerprint density at radius 2 is 1.72 bits per heavy atom. The first-order chi connectivity index (χ1) is 8.66. The summed E-state index contributed by atoms with van der Waals surface area (Å²) in [5.41, 5.74) is 0. The summed E-state index contributed by atoms with van der Waals surface area (Å²) >= 11 is 0. The maximum atomic E-state index is 12.3. The molecule has 18 heavy (non-hydrogen) atoms. The molecule has 0 atom stereocenters. The van der Waals surface area contributed by atoms with E-state index in [1.807, 2.05) is 11.9 Å². The molecular formula is C15H25NO2. The zero-order valence-corrected chi connectivity index (χ0v) is 11.5. The Balaban J connectivity index is 1.78. The monoisotopic (exact) mass is 251 g/mol. The molecule has 0 spiro atoms. The van der Waals surface area contributed by atoms with Gasteiger partial charge < -0.3 is 4.90 Å². The molecule has 3 heteroatoms. The van der Waals surface area contributed by atoms with E-state index < -0.39 is 0 Å². The summed E-state index contributed by atoms with van der Waals surface area (Å²) in [5.74, 6) is 1.41. The van der Waals surface area contributed by atoms with Crippen molar-refractivity contribution in [2.24, 2.45) is 11.8 Å². The third-order valence-corrected chi connectivity index (χ3v) is 4.53. The topological polar surface area (TPSA) is 37.4 Å².